The van der Waals surface area contributed by atoms with Gasteiger partial charge in [-0.2, -0.15) is 10.5 Å². The van der Waals surface area contributed by atoms with E-state index in [0.29, 0.717) is 18.8 Å². The molecular formula is C17H24N4O2S2. The number of nitriles is 2. The molecule has 0 fully saturated rings. The fourth-order valence-electron chi connectivity index (χ4n) is 2.70. The molecule has 0 radical (unpaired) electrons. The third-order valence-electron chi connectivity index (χ3n) is 3.95. The molecule has 8 heteroatoms. The predicted molar refractivity (Wildman–Crippen MR) is 103 cm³/mol. The first-order valence-corrected chi connectivity index (χ1v) is 8.74. The maximum atomic E-state index is 9.02. The Morgan fingerprint density at radius 1 is 1.04 bits per heavy atom. The third-order valence-corrected chi connectivity index (χ3v) is 4.31. The van der Waals surface area contributed by atoms with Gasteiger partial charge in [-0.15, -0.1) is 0 Å². The van der Waals surface area contributed by atoms with Crippen LogP contribution in [-0.4, -0.2) is 49.2 Å². The van der Waals surface area contributed by atoms with Gasteiger partial charge in [-0.3, -0.25) is 4.90 Å². The molecule has 136 valence electrons. The average molecular weight is 381 g/mol. The molecule has 1 aliphatic rings. The molecular weight excluding hydrogens is 356 g/mol. The molecule has 0 aromatic carbocycles. The molecule has 0 unspecified atom stereocenters. The number of allylic oxidation sites excluding steroid dienone is 6. The SMILES string of the molecule is CC1=CC(=C(C#N)C#N)C=C(C)N1CCCN(CCOS)CCOS. The van der Waals surface area contributed by atoms with Gasteiger partial charge in [0.25, 0.3) is 0 Å². The zero-order valence-corrected chi connectivity index (χ0v) is 16.4. The van der Waals surface area contributed by atoms with Gasteiger partial charge < -0.3 is 13.3 Å². The fourth-order valence-corrected chi connectivity index (χ4v) is 2.87. The molecule has 0 amide bonds. The highest BCUT2D eigenvalue weighted by Gasteiger charge is 2.16. The van der Waals surface area contributed by atoms with E-state index in [2.05, 4.69) is 35.6 Å². The van der Waals surface area contributed by atoms with Crippen LogP contribution in [0, 0.1) is 22.7 Å². The molecule has 0 N–H and O–H groups in total. The topological polar surface area (TPSA) is 72.5 Å². The minimum absolute atomic E-state index is 0.142. The van der Waals surface area contributed by atoms with E-state index in [1.807, 2.05) is 38.1 Å². The van der Waals surface area contributed by atoms with E-state index in [4.69, 9.17) is 18.9 Å². The van der Waals surface area contributed by atoms with Crippen molar-refractivity contribution >= 4 is 25.8 Å². The van der Waals surface area contributed by atoms with Crippen molar-refractivity contribution in [1.29, 1.82) is 10.5 Å². The van der Waals surface area contributed by atoms with E-state index in [-0.39, 0.29) is 5.57 Å². The van der Waals surface area contributed by atoms with Gasteiger partial charge in [0.05, 0.1) is 13.2 Å². The van der Waals surface area contributed by atoms with Gasteiger partial charge in [-0.25, -0.2) is 0 Å². The van der Waals surface area contributed by atoms with Crippen LogP contribution in [0.25, 0.3) is 0 Å². The van der Waals surface area contributed by atoms with Gasteiger partial charge in [-0.1, -0.05) is 0 Å². The smallest absolute Gasteiger partial charge is 0.137 e. The molecule has 0 bridgehead atoms. The molecule has 1 aliphatic heterocycles. The quantitative estimate of drug-likeness (QED) is 0.345. The average Bonchev–Trinajstić information content (AvgIpc) is 2.60. The number of hydrogen-bond donors (Lipinski definition) is 2. The summed E-state index contributed by atoms with van der Waals surface area (Å²) in [5.74, 6) is 0. The summed E-state index contributed by atoms with van der Waals surface area (Å²) >= 11 is 7.56. The number of hydrogen-bond acceptors (Lipinski definition) is 8. The van der Waals surface area contributed by atoms with Crippen LogP contribution in [0.15, 0.2) is 34.7 Å². The summed E-state index contributed by atoms with van der Waals surface area (Å²) in [5, 5.41) is 18.0. The molecule has 25 heavy (non-hydrogen) atoms. The minimum atomic E-state index is 0.142. The van der Waals surface area contributed by atoms with E-state index >= 15 is 0 Å². The highest BCUT2D eigenvalue weighted by atomic mass is 32.1. The first kappa shape index (κ1) is 21.6. The van der Waals surface area contributed by atoms with E-state index in [9.17, 15) is 0 Å². The molecule has 0 aromatic heterocycles. The van der Waals surface area contributed by atoms with Crippen molar-refractivity contribution in [2.45, 2.75) is 20.3 Å². The summed E-state index contributed by atoms with van der Waals surface area (Å²) in [6.45, 7) is 8.40. The summed E-state index contributed by atoms with van der Waals surface area (Å²) < 4.78 is 9.69. The Morgan fingerprint density at radius 2 is 1.56 bits per heavy atom. The number of thiol groups is 2. The summed E-state index contributed by atoms with van der Waals surface area (Å²) in [4.78, 5) is 4.43. The van der Waals surface area contributed by atoms with Crippen molar-refractivity contribution in [3.05, 3.63) is 34.7 Å². The Labute approximate surface area is 161 Å². The number of rotatable bonds is 10. The summed E-state index contributed by atoms with van der Waals surface area (Å²) in [5.41, 5.74) is 2.88. The lowest BCUT2D eigenvalue weighted by Crippen LogP contribution is -2.33. The molecule has 0 saturated heterocycles. The van der Waals surface area contributed by atoms with Crippen LogP contribution in [0.2, 0.25) is 0 Å². The maximum Gasteiger partial charge on any atom is 0.137 e. The highest BCUT2D eigenvalue weighted by molar-refractivity contribution is 7.75. The first-order chi connectivity index (χ1) is 12.1. The molecule has 0 spiro atoms. The zero-order valence-electron chi connectivity index (χ0n) is 14.6. The molecule has 1 heterocycles. The van der Waals surface area contributed by atoms with E-state index in [1.165, 1.54) is 0 Å². The van der Waals surface area contributed by atoms with Gasteiger partial charge in [0.15, 0.2) is 0 Å². The normalized spacial score (nSPS) is 14.0. The monoisotopic (exact) mass is 380 g/mol. The second-order valence-electron chi connectivity index (χ2n) is 5.64. The highest BCUT2D eigenvalue weighted by Crippen LogP contribution is 2.24. The van der Waals surface area contributed by atoms with E-state index < -0.39 is 0 Å². The van der Waals surface area contributed by atoms with Crippen LogP contribution in [-0.2, 0) is 8.37 Å². The lowest BCUT2D eigenvalue weighted by molar-refractivity contribution is 0.191. The Kier molecular flexibility index (Phi) is 10.4. The fraction of sp³-hybridized carbons (Fsp3) is 0.529. The van der Waals surface area contributed by atoms with E-state index in [1.54, 1.807) is 0 Å². The van der Waals surface area contributed by atoms with Gasteiger partial charge in [0.1, 0.15) is 17.7 Å². The van der Waals surface area contributed by atoms with Crippen molar-refractivity contribution < 1.29 is 8.37 Å². The zero-order chi connectivity index (χ0) is 18.7. The van der Waals surface area contributed by atoms with Gasteiger partial charge in [-0.05, 0) is 58.2 Å². The second kappa shape index (κ2) is 12.0. The van der Waals surface area contributed by atoms with Gasteiger partial charge in [0, 0.05) is 43.1 Å². The molecule has 1 rings (SSSR count). The summed E-state index contributed by atoms with van der Waals surface area (Å²) in [7, 11) is 0. The van der Waals surface area contributed by atoms with Crippen molar-refractivity contribution in [3.63, 3.8) is 0 Å². The Balaban J connectivity index is 2.64. The Hall–Kier alpha value is -1.42. The van der Waals surface area contributed by atoms with Crippen molar-refractivity contribution in [3.8, 4) is 12.1 Å². The second-order valence-corrected chi connectivity index (χ2v) is 6.16. The molecule has 0 aromatic rings. The third kappa shape index (κ3) is 7.15. The Morgan fingerprint density at radius 3 is 2.00 bits per heavy atom. The van der Waals surface area contributed by atoms with Crippen molar-refractivity contribution in [2.24, 2.45) is 0 Å². The molecule has 0 aliphatic carbocycles. The van der Waals surface area contributed by atoms with Crippen LogP contribution in [0.3, 0.4) is 0 Å². The van der Waals surface area contributed by atoms with Gasteiger partial charge >= 0.3 is 0 Å². The Bertz CT molecular complexity index is 571. The van der Waals surface area contributed by atoms with Crippen molar-refractivity contribution in [2.75, 3.05) is 39.4 Å². The van der Waals surface area contributed by atoms with Crippen molar-refractivity contribution in [1.82, 2.24) is 9.80 Å². The van der Waals surface area contributed by atoms with E-state index in [0.717, 1.165) is 44.0 Å². The summed E-state index contributed by atoms with van der Waals surface area (Å²) in [6.07, 6.45) is 4.73. The largest absolute Gasteiger partial charge is 0.349 e. The van der Waals surface area contributed by atoms with Crippen LogP contribution in [0.4, 0.5) is 0 Å². The van der Waals surface area contributed by atoms with Crippen LogP contribution >= 0.6 is 25.8 Å². The molecule has 6 nitrogen and oxygen atoms in total. The summed E-state index contributed by atoms with van der Waals surface area (Å²) in [6, 6.07) is 3.89. The van der Waals surface area contributed by atoms with Crippen LogP contribution < -0.4 is 0 Å². The molecule has 0 saturated carbocycles. The number of nitrogens with zero attached hydrogens (tertiary/aromatic N) is 4. The van der Waals surface area contributed by atoms with Gasteiger partial charge in [0.2, 0.25) is 0 Å². The van der Waals surface area contributed by atoms with Crippen LogP contribution in [0.5, 0.6) is 0 Å². The molecule has 0 atom stereocenters. The first-order valence-electron chi connectivity index (χ1n) is 8.01. The minimum Gasteiger partial charge on any atom is -0.349 e. The lowest BCUT2D eigenvalue weighted by Gasteiger charge is -2.31. The van der Waals surface area contributed by atoms with Crippen LogP contribution in [0.1, 0.15) is 20.3 Å². The maximum absolute atomic E-state index is 9.02. The predicted octanol–water partition coefficient (Wildman–Crippen LogP) is 2.87. The lowest BCUT2D eigenvalue weighted by atomic mass is 10.0. The standard InChI is InChI=1S/C17H24N4O2S2/c1-14-10-16(17(12-18)13-19)11-15(2)21(14)5-3-4-20(6-8-22-24)7-9-23-25/h10-11,24-25H,3-9H2,1-2H3.